The Morgan fingerprint density at radius 2 is 1.71 bits per heavy atom. The molecular formula is C17H19NO5S. The zero-order chi connectivity index (χ0) is 17.6. The predicted octanol–water partition coefficient (Wildman–Crippen LogP) is 2.36. The van der Waals surface area contributed by atoms with Gasteiger partial charge in [0.1, 0.15) is 5.75 Å². The maximum atomic E-state index is 12.8. The van der Waals surface area contributed by atoms with E-state index in [2.05, 4.69) is 0 Å². The first-order valence-corrected chi connectivity index (χ1v) is 8.77. The van der Waals surface area contributed by atoms with Crippen LogP contribution in [0.25, 0.3) is 0 Å². The molecule has 0 aliphatic rings. The highest BCUT2D eigenvalue weighted by Gasteiger charge is 2.25. The lowest BCUT2D eigenvalue weighted by molar-refractivity contribution is -0.137. The standard InChI is InChI=1S/C17H19NO5S/c1-23-15-7-9-16(10-8-15)24(21,22)18(12-11-17(19)20)13-14-5-3-2-4-6-14/h2-10H,11-13H2,1H3,(H,19,20). The number of nitrogens with zero attached hydrogens (tertiary/aromatic N) is 1. The Morgan fingerprint density at radius 3 is 2.25 bits per heavy atom. The van der Waals surface area contributed by atoms with Crippen LogP contribution in [0, 0.1) is 0 Å². The Balaban J connectivity index is 2.30. The summed E-state index contributed by atoms with van der Waals surface area (Å²) in [5.41, 5.74) is 0.792. The fourth-order valence-electron chi connectivity index (χ4n) is 2.19. The average molecular weight is 349 g/mol. The van der Waals surface area contributed by atoms with Gasteiger partial charge in [0.25, 0.3) is 0 Å². The van der Waals surface area contributed by atoms with Crippen molar-refractivity contribution in [2.24, 2.45) is 0 Å². The highest BCUT2D eigenvalue weighted by atomic mass is 32.2. The van der Waals surface area contributed by atoms with E-state index in [4.69, 9.17) is 9.84 Å². The van der Waals surface area contributed by atoms with Gasteiger partial charge in [-0.1, -0.05) is 30.3 Å². The molecule has 1 N–H and O–H groups in total. The molecule has 2 aromatic rings. The number of carboxylic acids is 1. The van der Waals surface area contributed by atoms with E-state index in [1.165, 1.54) is 23.5 Å². The number of rotatable bonds is 8. The van der Waals surface area contributed by atoms with Gasteiger partial charge in [-0.25, -0.2) is 8.42 Å². The predicted molar refractivity (Wildman–Crippen MR) is 89.3 cm³/mol. The Kier molecular flexibility index (Phi) is 5.94. The molecule has 0 saturated heterocycles. The van der Waals surface area contributed by atoms with Gasteiger partial charge in [-0.05, 0) is 29.8 Å². The van der Waals surface area contributed by atoms with Crippen LogP contribution in [0.5, 0.6) is 5.75 Å². The Bertz CT molecular complexity index is 772. The molecule has 0 amide bonds. The quantitative estimate of drug-likeness (QED) is 0.791. The van der Waals surface area contributed by atoms with Crippen LogP contribution in [0.3, 0.4) is 0 Å². The lowest BCUT2D eigenvalue weighted by atomic mass is 10.2. The first-order valence-electron chi connectivity index (χ1n) is 7.33. The molecule has 128 valence electrons. The van der Waals surface area contributed by atoms with E-state index in [0.717, 1.165) is 5.56 Å². The van der Waals surface area contributed by atoms with Crippen molar-refractivity contribution < 1.29 is 23.1 Å². The molecule has 24 heavy (non-hydrogen) atoms. The topological polar surface area (TPSA) is 83.9 Å². The molecule has 0 atom stereocenters. The SMILES string of the molecule is COc1ccc(S(=O)(=O)N(CCC(=O)O)Cc2ccccc2)cc1. The van der Waals surface area contributed by atoms with E-state index in [1.807, 2.05) is 18.2 Å². The van der Waals surface area contributed by atoms with E-state index in [9.17, 15) is 13.2 Å². The van der Waals surface area contributed by atoms with Crippen LogP contribution in [-0.4, -0.2) is 37.5 Å². The number of aliphatic carboxylic acids is 1. The second kappa shape index (κ2) is 7.94. The molecule has 2 rings (SSSR count). The minimum Gasteiger partial charge on any atom is -0.497 e. The monoisotopic (exact) mass is 349 g/mol. The Labute approximate surface area is 141 Å². The van der Waals surface area contributed by atoms with Gasteiger partial charge < -0.3 is 9.84 Å². The lowest BCUT2D eigenvalue weighted by Gasteiger charge is -2.22. The van der Waals surface area contributed by atoms with Gasteiger partial charge in [-0.2, -0.15) is 4.31 Å². The van der Waals surface area contributed by atoms with E-state index >= 15 is 0 Å². The molecule has 0 aliphatic carbocycles. The number of methoxy groups -OCH3 is 1. The zero-order valence-corrected chi connectivity index (χ0v) is 14.1. The molecule has 0 heterocycles. The molecular weight excluding hydrogens is 330 g/mol. The summed E-state index contributed by atoms with van der Waals surface area (Å²) in [5.74, 6) is -0.493. The van der Waals surface area contributed by atoms with Crippen molar-refractivity contribution in [1.29, 1.82) is 0 Å². The van der Waals surface area contributed by atoms with Crippen LogP contribution >= 0.6 is 0 Å². The number of hydrogen-bond acceptors (Lipinski definition) is 4. The molecule has 7 heteroatoms. The lowest BCUT2D eigenvalue weighted by Crippen LogP contribution is -2.32. The van der Waals surface area contributed by atoms with Crippen LogP contribution in [0.4, 0.5) is 0 Å². The summed E-state index contributed by atoms with van der Waals surface area (Å²) in [6, 6.07) is 15.1. The Morgan fingerprint density at radius 1 is 1.08 bits per heavy atom. The highest BCUT2D eigenvalue weighted by Crippen LogP contribution is 2.21. The summed E-state index contributed by atoms with van der Waals surface area (Å²) in [7, 11) is -2.31. The summed E-state index contributed by atoms with van der Waals surface area (Å²) in [6.45, 7) is 0.0150. The third kappa shape index (κ3) is 4.56. The molecule has 0 aliphatic heterocycles. The van der Waals surface area contributed by atoms with Crippen molar-refractivity contribution in [2.75, 3.05) is 13.7 Å². The van der Waals surface area contributed by atoms with Gasteiger partial charge in [-0.3, -0.25) is 4.79 Å². The van der Waals surface area contributed by atoms with Crippen molar-refractivity contribution in [1.82, 2.24) is 4.31 Å². The molecule has 0 bridgehead atoms. The first-order chi connectivity index (χ1) is 11.4. The van der Waals surface area contributed by atoms with E-state index in [0.29, 0.717) is 5.75 Å². The number of benzene rings is 2. The minimum atomic E-state index is -3.81. The van der Waals surface area contributed by atoms with Crippen molar-refractivity contribution >= 4 is 16.0 Å². The molecule has 0 radical (unpaired) electrons. The maximum Gasteiger partial charge on any atom is 0.304 e. The van der Waals surface area contributed by atoms with Crippen molar-refractivity contribution in [2.45, 2.75) is 17.9 Å². The normalized spacial score (nSPS) is 11.4. The molecule has 0 saturated carbocycles. The van der Waals surface area contributed by atoms with Crippen molar-refractivity contribution in [3.8, 4) is 5.75 Å². The first kappa shape index (κ1) is 18.0. The average Bonchev–Trinajstić information content (AvgIpc) is 2.59. The third-order valence-electron chi connectivity index (χ3n) is 3.47. The second-order valence-electron chi connectivity index (χ2n) is 5.14. The second-order valence-corrected chi connectivity index (χ2v) is 7.08. The molecule has 6 nitrogen and oxygen atoms in total. The van der Waals surface area contributed by atoms with Gasteiger partial charge in [0.05, 0.1) is 18.4 Å². The van der Waals surface area contributed by atoms with Crippen molar-refractivity contribution in [3.63, 3.8) is 0 Å². The van der Waals surface area contributed by atoms with Gasteiger partial charge in [0.15, 0.2) is 0 Å². The van der Waals surface area contributed by atoms with Crippen LogP contribution in [0.15, 0.2) is 59.5 Å². The van der Waals surface area contributed by atoms with Gasteiger partial charge >= 0.3 is 5.97 Å². The summed E-state index contributed by atoms with van der Waals surface area (Å²) in [5, 5.41) is 8.90. The number of sulfonamides is 1. The summed E-state index contributed by atoms with van der Waals surface area (Å²) >= 11 is 0. The highest BCUT2D eigenvalue weighted by molar-refractivity contribution is 7.89. The van der Waals surface area contributed by atoms with E-state index < -0.39 is 16.0 Å². The summed E-state index contributed by atoms with van der Waals surface area (Å²) in [6.07, 6.45) is -0.262. The van der Waals surface area contributed by atoms with Gasteiger partial charge in [0, 0.05) is 13.1 Å². The molecule has 0 aromatic heterocycles. The molecule has 0 fully saturated rings. The van der Waals surface area contributed by atoms with Crippen LogP contribution in [0.1, 0.15) is 12.0 Å². The van der Waals surface area contributed by atoms with Crippen LogP contribution in [-0.2, 0) is 21.4 Å². The molecule has 0 spiro atoms. The summed E-state index contributed by atoms with van der Waals surface area (Å²) < 4.78 is 31.9. The fraction of sp³-hybridized carbons (Fsp3) is 0.235. The largest absolute Gasteiger partial charge is 0.497 e. The summed E-state index contributed by atoms with van der Waals surface area (Å²) in [4.78, 5) is 11.0. The van der Waals surface area contributed by atoms with Crippen molar-refractivity contribution in [3.05, 3.63) is 60.2 Å². The molecule has 2 aromatic carbocycles. The number of carboxylic acid groups (broad SMARTS) is 1. The van der Waals surface area contributed by atoms with Crippen LogP contribution < -0.4 is 4.74 Å². The smallest absolute Gasteiger partial charge is 0.304 e. The van der Waals surface area contributed by atoms with Crippen LogP contribution in [0.2, 0.25) is 0 Å². The third-order valence-corrected chi connectivity index (χ3v) is 5.33. The fourth-order valence-corrected chi connectivity index (χ4v) is 3.62. The van der Waals surface area contributed by atoms with Gasteiger partial charge in [0.2, 0.25) is 10.0 Å². The number of carbonyl (C=O) groups is 1. The number of hydrogen-bond donors (Lipinski definition) is 1. The Hall–Kier alpha value is -2.38. The minimum absolute atomic E-state index is 0.0986. The molecule has 0 unspecified atom stereocenters. The van der Waals surface area contributed by atoms with E-state index in [-0.39, 0.29) is 24.4 Å². The van der Waals surface area contributed by atoms with E-state index in [1.54, 1.807) is 24.3 Å². The maximum absolute atomic E-state index is 12.8. The zero-order valence-electron chi connectivity index (χ0n) is 13.3. The number of ether oxygens (including phenoxy) is 1. The van der Waals surface area contributed by atoms with Gasteiger partial charge in [-0.15, -0.1) is 0 Å².